The second-order valence-corrected chi connectivity index (χ2v) is 8.54. The third kappa shape index (κ3) is 3.52. The molecule has 2 N–H and O–H groups in total. The van der Waals surface area contributed by atoms with E-state index in [4.69, 9.17) is 0 Å². The summed E-state index contributed by atoms with van der Waals surface area (Å²) < 4.78 is 1.17. The number of hydrogen-bond donors (Lipinski definition) is 2. The lowest BCUT2D eigenvalue weighted by Crippen LogP contribution is -2.13. The monoisotopic (exact) mass is 397 g/mol. The Kier molecular flexibility index (Phi) is 5.15. The van der Waals surface area contributed by atoms with Crippen molar-refractivity contribution in [1.82, 2.24) is 10.2 Å². The van der Waals surface area contributed by atoms with Crippen molar-refractivity contribution in [2.24, 2.45) is 0 Å². The Morgan fingerprint density at radius 3 is 2.86 bits per heavy atom. The zero-order valence-electron chi connectivity index (χ0n) is 12.1. The van der Waals surface area contributed by atoms with Crippen LogP contribution in [-0.4, -0.2) is 27.6 Å². The predicted octanol–water partition coefficient (Wildman–Crippen LogP) is 4.60. The molecule has 3 rings (SSSR count). The van der Waals surface area contributed by atoms with Gasteiger partial charge in [0.2, 0.25) is 0 Å². The van der Waals surface area contributed by atoms with Gasteiger partial charge in [0.15, 0.2) is 5.69 Å². The predicted molar refractivity (Wildman–Crippen MR) is 97.7 cm³/mol. The van der Waals surface area contributed by atoms with Crippen LogP contribution in [0.15, 0.2) is 28.7 Å². The highest BCUT2D eigenvalue weighted by atomic mass is 79.9. The first-order valence-electron chi connectivity index (χ1n) is 7.00. The summed E-state index contributed by atoms with van der Waals surface area (Å²) in [5, 5.41) is 9.76. The number of hydrogen-bond acceptors (Lipinski definition) is 4. The number of benzene rings is 1. The lowest BCUT2D eigenvalue weighted by molar-refractivity contribution is 0.102. The van der Waals surface area contributed by atoms with Crippen molar-refractivity contribution < 1.29 is 4.79 Å². The molecular formula is C15H16BrN3OS2. The van der Waals surface area contributed by atoms with Gasteiger partial charge in [-0.1, -0.05) is 12.1 Å². The molecule has 1 fully saturated rings. The molecule has 0 bridgehead atoms. The lowest BCUT2D eigenvalue weighted by Gasteiger charge is -2.21. The quantitative estimate of drug-likeness (QED) is 0.793. The Morgan fingerprint density at radius 2 is 2.18 bits per heavy atom. The van der Waals surface area contributed by atoms with Crippen LogP contribution >= 0.6 is 39.5 Å². The number of aromatic amines is 1. The van der Waals surface area contributed by atoms with Crippen LogP contribution in [0.4, 0.5) is 5.69 Å². The smallest absolute Gasteiger partial charge is 0.277 e. The van der Waals surface area contributed by atoms with Crippen LogP contribution in [0.25, 0.3) is 0 Å². The van der Waals surface area contributed by atoms with Gasteiger partial charge in [-0.2, -0.15) is 5.10 Å². The number of H-pyrrole nitrogens is 1. The minimum Gasteiger partial charge on any atom is -0.321 e. The van der Waals surface area contributed by atoms with Crippen LogP contribution in [0.5, 0.6) is 0 Å². The Balaban J connectivity index is 1.75. The molecule has 0 radical (unpaired) electrons. The van der Waals surface area contributed by atoms with Gasteiger partial charge in [0, 0.05) is 11.4 Å². The van der Waals surface area contributed by atoms with Gasteiger partial charge < -0.3 is 5.32 Å². The number of carbonyl (C=O) groups is 1. The molecule has 22 heavy (non-hydrogen) atoms. The second-order valence-electron chi connectivity index (χ2n) is 5.02. The second kappa shape index (κ2) is 7.10. The molecule has 2 aromatic rings. The molecule has 0 atom stereocenters. The van der Waals surface area contributed by atoms with Crippen LogP contribution < -0.4 is 5.32 Å². The minimum atomic E-state index is -0.211. The van der Waals surface area contributed by atoms with Crippen LogP contribution in [0.2, 0.25) is 0 Å². The number of anilines is 1. The minimum absolute atomic E-state index is 0.211. The number of rotatable bonds is 3. The van der Waals surface area contributed by atoms with Gasteiger partial charge >= 0.3 is 0 Å². The number of halogens is 1. The van der Waals surface area contributed by atoms with E-state index >= 15 is 0 Å². The fourth-order valence-electron chi connectivity index (χ4n) is 2.20. The Morgan fingerprint density at radius 1 is 1.41 bits per heavy atom. The summed E-state index contributed by atoms with van der Waals surface area (Å²) in [6.45, 7) is 1.87. The van der Waals surface area contributed by atoms with Gasteiger partial charge in [-0.05, 0) is 58.5 Å². The zero-order chi connectivity index (χ0) is 15.5. The van der Waals surface area contributed by atoms with E-state index in [1.54, 1.807) is 0 Å². The van der Waals surface area contributed by atoms with Gasteiger partial charge in [-0.25, -0.2) is 0 Å². The largest absolute Gasteiger partial charge is 0.321 e. The number of carbonyl (C=O) groups excluding carboxylic acids is 1. The first-order valence-corrected chi connectivity index (χ1v) is 9.89. The van der Waals surface area contributed by atoms with Crippen molar-refractivity contribution in [2.45, 2.75) is 17.9 Å². The standard InChI is InChI=1S/C15H16BrN3OS2/c1-9-12(16)13(19-18-9)14(20)17-11-5-2-4-10(8-11)15-21-6-3-7-22-15/h2,4-5,8,15H,3,6-7H2,1H3,(H,17,20)(H,18,19). The highest BCUT2D eigenvalue weighted by Crippen LogP contribution is 2.44. The Hall–Kier alpha value is -0.920. The van der Waals surface area contributed by atoms with Gasteiger partial charge in [-0.15, -0.1) is 23.5 Å². The van der Waals surface area contributed by atoms with E-state index in [1.165, 1.54) is 23.5 Å². The highest BCUT2D eigenvalue weighted by molar-refractivity contribution is 9.10. The van der Waals surface area contributed by atoms with Crippen molar-refractivity contribution in [2.75, 3.05) is 16.8 Å². The summed E-state index contributed by atoms with van der Waals surface area (Å²) >= 11 is 7.32. The summed E-state index contributed by atoms with van der Waals surface area (Å²) in [6.07, 6.45) is 1.27. The summed E-state index contributed by atoms with van der Waals surface area (Å²) in [7, 11) is 0. The van der Waals surface area contributed by atoms with Crippen LogP contribution in [0.3, 0.4) is 0 Å². The molecule has 1 aromatic heterocycles. The third-order valence-corrected chi connectivity index (χ3v) is 7.32. The van der Waals surface area contributed by atoms with Crippen LogP contribution in [0.1, 0.15) is 32.7 Å². The van der Waals surface area contributed by atoms with Crippen molar-refractivity contribution in [3.05, 3.63) is 45.7 Å². The summed E-state index contributed by atoms with van der Waals surface area (Å²) in [5.41, 5.74) is 3.28. The molecule has 1 aliphatic heterocycles. The number of aromatic nitrogens is 2. The summed E-state index contributed by atoms with van der Waals surface area (Å²) in [4.78, 5) is 12.3. The molecule has 0 spiro atoms. The fraction of sp³-hybridized carbons (Fsp3) is 0.333. The van der Waals surface area contributed by atoms with Gasteiger partial charge in [0.1, 0.15) is 0 Å². The van der Waals surface area contributed by atoms with E-state index in [0.717, 1.165) is 11.4 Å². The molecule has 0 aliphatic carbocycles. The average molecular weight is 398 g/mol. The number of nitrogens with one attached hydrogen (secondary N) is 2. The Labute approximate surface area is 146 Å². The topological polar surface area (TPSA) is 57.8 Å². The van der Waals surface area contributed by atoms with Gasteiger partial charge in [0.05, 0.1) is 9.05 Å². The average Bonchev–Trinajstić information content (AvgIpc) is 2.88. The third-order valence-electron chi connectivity index (χ3n) is 3.33. The molecule has 4 nitrogen and oxygen atoms in total. The Bertz CT molecular complexity index is 683. The van der Waals surface area contributed by atoms with E-state index < -0.39 is 0 Å². The lowest BCUT2D eigenvalue weighted by atomic mass is 10.2. The van der Waals surface area contributed by atoms with Crippen molar-refractivity contribution in [1.29, 1.82) is 0 Å². The molecular weight excluding hydrogens is 382 g/mol. The molecule has 116 valence electrons. The van der Waals surface area contributed by atoms with Crippen LogP contribution in [-0.2, 0) is 0 Å². The van der Waals surface area contributed by atoms with Crippen molar-refractivity contribution >= 4 is 51.0 Å². The first kappa shape index (κ1) is 16.0. The molecule has 7 heteroatoms. The van der Waals surface area contributed by atoms with Crippen molar-refractivity contribution in [3.8, 4) is 0 Å². The van der Waals surface area contributed by atoms with E-state index in [1.807, 2.05) is 42.6 Å². The molecule has 1 aromatic carbocycles. The van der Waals surface area contributed by atoms with Gasteiger partial charge in [-0.3, -0.25) is 9.89 Å². The first-order chi connectivity index (χ1) is 10.6. The maximum absolute atomic E-state index is 12.3. The van der Waals surface area contributed by atoms with E-state index in [9.17, 15) is 4.79 Å². The number of nitrogens with zero attached hydrogens (tertiary/aromatic N) is 1. The summed E-state index contributed by atoms with van der Waals surface area (Å²) in [5.74, 6) is 2.19. The fourth-order valence-corrected chi connectivity index (χ4v) is 5.43. The maximum atomic E-state index is 12.3. The van der Waals surface area contributed by atoms with E-state index in [2.05, 4.69) is 43.6 Å². The van der Waals surface area contributed by atoms with Crippen molar-refractivity contribution in [3.63, 3.8) is 0 Å². The maximum Gasteiger partial charge on any atom is 0.277 e. The number of aryl methyl sites for hydroxylation is 1. The molecule has 0 saturated carbocycles. The molecule has 2 heterocycles. The van der Waals surface area contributed by atoms with E-state index in [-0.39, 0.29) is 5.91 Å². The zero-order valence-corrected chi connectivity index (χ0v) is 15.3. The van der Waals surface area contributed by atoms with Crippen LogP contribution in [0, 0.1) is 6.92 Å². The summed E-state index contributed by atoms with van der Waals surface area (Å²) in [6, 6.07) is 8.08. The molecule has 0 unspecified atom stereocenters. The normalized spacial score (nSPS) is 15.7. The molecule has 1 aliphatic rings. The number of thioether (sulfide) groups is 2. The molecule has 1 saturated heterocycles. The van der Waals surface area contributed by atoms with E-state index in [0.29, 0.717) is 14.7 Å². The van der Waals surface area contributed by atoms with Gasteiger partial charge in [0.25, 0.3) is 5.91 Å². The highest BCUT2D eigenvalue weighted by Gasteiger charge is 2.18. The SMILES string of the molecule is Cc1[nH]nc(C(=O)Nc2cccc(C3SCCCS3)c2)c1Br. The number of amides is 1. The molecule has 1 amide bonds.